The van der Waals surface area contributed by atoms with Gasteiger partial charge in [0.2, 0.25) is 5.43 Å². The Morgan fingerprint density at radius 3 is 2.42 bits per heavy atom. The molecule has 3 heterocycles. The molecule has 0 aromatic carbocycles. The van der Waals surface area contributed by atoms with Crippen molar-refractivity contribution in [1.29, 1.82) is 0 Å². The lowest BCUT2D eigenvalue weighted by Crippen LogP contribution is -2.38. The summed E-state index contributed by atoms with van der Waals surface area (Å²) in [7, 11) is 0. The molecule has 7 nitrogen and oxygen atoms in total. The van der Waals surface area contributed by atoms with E-state index >= 15 is 0 Å². The lowest BCUT2D eigenvalue weighted by molar-refractivity contribution is 0.0759. The molecule has 0 unspecified atom stereocenters. The van der Waals surface area contributed by atoms with Crippen LogP contribution in [0.25, 0.3) is 0 Å². The van der Waals surface area contributed by atoms with Gasteiger partial charge >= 0.3 is 0 Å². The summed E-state index contributed by atoms with van der Waals surface area (Å²) in [6.07, 6.45) is 8.06. The Balaban J connectivity index is 1.91. The summed E-state index contributed by atoms with van der Waals surface area (Å²) in [4.78, 5) is 45.4. The minimum Gasteiger partial charge on any atom is -0.350 e. The lowest BCUT2D eigenvalue weighted by atomic mass is 10.1. The van der Waals surface area contributed by atoms with Gasteiger partial charge in [-0.1, -0.05) is 25.8 Å². The number of aromatic nitrogens is 2. The van der Waals surface area contributed by atoms with Crippen LogP contribution >= 0.6 is 0 Å². The summed E-state index contributed by atoms with van der Waals surface area (Å²) in [5.74, 6) is -0.769. The van der Waals surface area contributed by atoms with Crippen LogP contribution in [-0.2, 0) is 6.54 Å². The Morgan fingerprint density at radius 2 is 1.77 bits per heavy atom. The molecule has 166 valence electrons. The molecule has 0 saturated carbocycles. The predicted octanol–water partition coefficient (Wildman–Crippen LogP) is 3.47. The fourth-order valence-corrected chi connectivity index (χ4v) is 3.79. The van der Waals surface area contributed by atoms with Crippen LogP contribution in [0.1, 0.15) is 84.1 Å². The number of nitrogens with zero attached hydrogens (tertiary/aromatic N) is 3. The fraction of sp³-hybridized carbons (Fsp3) is 0.500. The standard InChI is InChI=1S/C24H32N4O3/c1-4-18(3)28-15-20(23(30)25-14-19-11-9-10-17(2)26-19)22(29)21(16-28)24(31)27-12-7-5-6-8-13-27/h9-11,15-16,18H,4-8,12-14H2,1-3H3,(H,25,30)/t18-/m0/s1. The third kappa shape index (κ3) is 5.60. The average molecular weight is 425 g/mol. The summed E-state index contributed by atoms with van der Waals surface area (Å²) in [5, 5.41) is 2.78. The number of likely N-dealkylation sites (tertiary alicyclic amines) is 1. The number of carbonyl (C=O) groups excluding carboxylic acids is 2. The monoisotopic (exact) mass is 424 g/mol. The average Bonchev–Trinajstić information content (AvgIpc) is 3.06. The number of aryl methyl sites for hydroxylation is 1. The zero-order valence-corrected chi connectivity index (χ0v) is 18.7. The Bertz CT molecular complexity index is 991. The molecule has 1 atom stereocenters. The van der Waals surface area contributed by atoms with E-state index in [1.807, 2.05) is 43.5 Å². The van der Waals surface area contributed by atoms with Crippen molar-refractivity contribution in [2.75, 3.05) is 13.1 Å². The van der Waals surface area contributed by atoms with Gasteiger partial charge in [-0.05, 0) is 45.2 Å². The first-order valence-electron chi connectivity index (χ1n) is 11.2. The SMILES string of the molecule is CC[C@H](C)n1cc(C(=O)NCc2cccc(C)n2)c(=O)c(C(=O)N2CCCCCC2)c1. The van der Waals surface area contributed by atoms with E-state index in [1.54, 1.807) is 17.3 Å². The van der Waals surface area contributed by atoms with Crippen LogP contribution in [0.4, 0.5) is 0 Å². The molecule has 1 aliphatic rings. The highest BCUT2D eigenvalue weighted by atomic mass is 16.2. The summed E-state index contributed by atoms with van der Waals surface area (Å²) in [5.41, 5.74) is 1.13. The molecule has 0 aliphatic carbocycles. The number of hydrogen-bond donors (Lipinski definition) is 1. The Hall–Kier alpha value is -2.96. The van der Waals surface area contributed by atoms with Gasteiger partial charge in [0.15, 0.2) is 0 Å². The maximum absolute atomic E-state index is 13.2. The van der Waals surface area contributed by atoms with E-state index in [1.165, 1.54) is 0 Å². The quantitative estimate of drug-likeness (QED) is 0.770. The molecule has 1 aliphatic heterocycles. The number of amides is 2. The highest BCUT2D eigenvalue weighted by Crippen LogP contribution is 2.15. The van der Waals surface area contributed by atoms with Gasteiger partial charge in [0.05, 0.1) is 12.2 Å². The molecule has 0 bridgehead atoms. The van der Waals surface area contributed by atoms with Gasteiger partial charge in [-0.2, -0.15) is 0 Å². The first-order valence-corrected chi connectivity index (χ1v) is 11.2. The topological polar surface area (TPSA) is 84.3 Å². The molecule has 2 amide bonds. The van der Waals surface area contributed by atoms with E-state index in [2.05, 4.69) is 10.3 Å². The van der Waals surface area contributed by atoms with Gasteiger partial charge in [-0.25, -0.2) is 0 Å². The lowest BCUT2D eigenvalue weighted by Gasteiger charge is -2.22. The molecule has 1 saturated heterocycles. The van der Waals surface area contributed by atoms with E-state index in [9.17, 15) is 14.4 Å². The van der Waals surface area contributed by atoms with Crippen molar-refractivity contribution in [2.24, 2.45) is 0 Å². The molecule has 2 aromatic rings. The maximum Gasteiger partial charge on any atom is 0.259 e. The minimum absolute atomic E-state index is 0.00590. The molecule has 31 heavy (non-hydrogen) atoms. The largest absolute Gasteiger partial charge is 0.350 e. The van der Waals surface area contributed by atoms with Crippen molar-refractivity contribution in [3.8, 4) is 0 Å². The number of nitrogens with one attached hydrogen (secondary N) is 1. The van der Waals surface area contributed by atoms with Crippen LogP contribution in [0.2, 0.25) is 0 Å². The van der Waals surface area contributed by atoms with Crippen molar-refractivity contribution in [3.63, 3.8) is 0 Å². The van der Waals surface area contributed by atoms with E-state index < -0.39 is 11.3 Å². The zero-order valence-electron chi connectivity index (χ0n) is 18.7. The van der Waals surface area contributed by atoms with Crippen LogP contribution in [0.15, 0.2) is 35.4 Å². The molecule has 1 N–H and O–H groups in total. The minimum atomic E-state index is -0.511. The van der Waals surface area contributed by atoms with E-state index in [0.717, 1.165) is 37.8 Å². The first kappa shape index (κ1) is 22.7. The van der Waals surface area contributed by atoms with E-state index in [0.29, 0.717) is 18.8 Å². The van der Waals surface area contributed by atoms with Gasteiger partial charge in [-0.15, -0.1) is 0 Å². The van der Waals surface area contributed by atoms with Crippen LogP contribution in [0, 0.1) is 6.92 Å². The third-order valence-electron chi connectivity index (χ3n) is 5.89. The highest BCUT2D eigenvalue weighted by Gasteiger charge is 2.24. The Morgan fingerprint density at radius 1 is 1.10 bits per heavy atom. The highest BCUT2D eigenvalue weighted by molar-refractivity contribution is 5.99. The Kier molecular flexibility index (Phi) is 7.60. The zero-order chi connectivity index (χ0) is 22.4. The summed E-state index contributed by atoms with van der Waals surface area (Å²) in [6, 6.07) is 5.64. The van der Waals surface area contributed by atoms with Crippen LogP contribution in [-0.4, -0.2) is 39.4 Å². The second kappa shape index (κ2) is 10.4. The van der Waals surface area contributed by atoms with Gasteiger partial charge in [-0.3, -0.25) is 19.4 Å². The van der Waals surface area contributed by atoms with Crippen molar-refractivity contribution >= 4 is 11.8 Å². The number of rotatable bonds is 6. The predicted molar refractivity (Wildman–Crippen MR) is 120 cm³/mol. The van der Waals surface area contributed by atoms with Crippen LogP contribution < -0.4 is 10.7 Å². The normalized spacial score (nSPS) is 15.3. The van der Waals surface area contributed by atoms with Crippen molar-refractivity contribution < 1.29 is 9.59 Å². The number of carbonyl (C=O) groups is 2. The molecule has 0 radical (unpaired) electrons. The smallest absolute Gasteiger partial charge is 0.259 e. The summed E-state index contributed by atoms with van der Waals surface area (Å²) in [6.45, 7) is 7.43. The van der Waals surface area contributed by atoms with Crippen molar-refractivity contribution in [1.82, 2.24) is 19.8 Å². The first-order chi connectivity index (χ1) is 14.9. The molecule has 1 fully saturated rings. The van der Waals surface area contributed by atoms with Gasteiger partial charge < -0.3 is 14.8 Å². The third-order valence-corrected chi connectivity index (χ3v) is 5.89. The summed E-state index contributed by atoms with van der Waals surface area (Å²) < 4.78 is 1.81. The molecular formula is C24H32N4O3. The fourth-order valence-electron chi connectivity index (χ4n) is 3.79. The van der Waals surface area contributed by atoms with Crippen LogP contribution in [0.3, 0.4) is 0 Å². The Labute approximate surface area is 183 Å². The van der Waals surface area contributed by atoms with Gasteiger partial charge in [0.25, 0.3) is 11.8 Å². The second-order valence-corrected chi connectivity index (χ2v) is 8.28. The van der Waals surface area contributed by atoms with E-state index in [4.69, 9.17) is 0 Å². The molecule has 2 aromatic heterocycles. The molecule has 3 rings (SSSR count). The summed E-state index contributed by atoms with van der Waals surface area (Å²) >= 11 is 0. The molecule has 7 heteroatoms. The molecule has 0 spiro atoms. The van der Waals surface area contributed by atoms with Gasteiger partial charge in [0, 0.05) is 37.2 Å². The van der Waals surface area contributed by atoms with Crippen molar-refractivity contribution in [3.05, 3.63) is 63.3 Å². The second-order valence-electron chi connectivity index (χ2n) is 8.28. The van der Waals surface area contributed by atoms with Crippen LogP contribution in [0.5, 0.6) is 0 Å². The van der Waals surface area contributed by atoms with Gasteiger partial charge in [0.1, 0.15) is 11.1 Å². The maximum atomic E-state index is 13.2. The molecular weight excluding hydrogens is 392 g/mol. The van der Waals surface area contributed by atoms with Crippen molar-refractivity contribution in [2.45, 2.75) is 65.5 Å². The number of hydrogen-bond acceptors (Lipinski definition) is 4. The van der Waals surface area contributed by atoms with E-state index in [-0.39, 0.29) is 29.6 Å². The number of pyridine rings is 2.